The fraction of sp³-hybridized carbons (Fsp3) is 0.636. The second-order valence-electron chi connectivity index (χ2n) is 3.94. The van der Waals surface area contributed by atoms with Gasteiger partial charge in [0, 0.05) is 24.7 Å². The van der Waals surface area contributed by atoms with Crippen molar-refractivity contribution in [2.45, 2.75) is 26.0 Å². The minimum Gasteiger partial charge on any atom is -0.480 e. The van der Waals surface area contributed by atoms with E-state index in [4.69, 9.17) is 9.47 Å². The molecule has 0 aliphatic rings. The van der Waals surface area contributed by atoms with Crippen LogP contribution in [0.1, 0.15) is 13.8 Å². The van der Waals surface area contributed by atoms with Crippen molar-refractivity contribution in [2.75, 3.05) is 20.3 Å². The molecule has 0 aliphatic heterocycles. The fourth-order valence-corrected chi connectivity index (χ4v) is 1.11. The van der Waals surface area contributed by atoms with Crippen molar-refractivity contribution in [3.05, 3.63) is 12.1 Å². The number of hydrogen-bond acceptors (Lipinski definition) is 6. The summed E-state index contributed by atoms with van der Waals surface area (Å²) in [7, 11) is 1.52. The third kappa shape index (κ3) is 5.46. The monoisotopic (exact) mass is 241 g/mol. The molecule has 1 atom stereocenters. The van der Waals surface area contributed by atoms with Gasteiger partial charge in [-0.25, -0.2) is 0 Å². The summed E-state index contributed by atoms with van der Waals surface area (Å²) in [5.74, 6) is 0.800. The third-order valence-electron chi connectivity index (χ3n) is 2.01. The number of rotatable bonds is 7. The van der Waals surface area contributed by atoms with E-state index in [1.165, 1.54) is 7.11 Å². The average molecular weight is 241 g/mol. The van der Waals surface area contributed by atoms with Gasteiger partial charge in [0.05, 0.1) is 7.11 Å². The van der Waals surface area contributed by atoms with Crippen LogP contribution in [0.4, 0.5) is 0 Å². The lowest BCUT2D eigenvalue weighted by Gasteiger charge is -2.14. The number of hydrogen-bond donors (Lipinski definition) is 2. The van der Waals surface area contributed by atoms with Crippen molar-refractivity contribution in [3.8, 4) is 11.8 Å². The highest BCUT2D eigenvalue weighted by atomic mass is 16.5. The summed E-state index contributed by atoms with van der Waals surface area (Å²) in [6.45, 7) is 4.70. The molecule has 0 amide bonds. The zero-order valence-electron chi connectivity index (χ0n) is 10.4. The number of aliphatic hydroxyl groups excluding tert-OH is 1. The summed E-state index contributed by atoms with van der Waals surface area (Å²) in [6, 6.07) is 3.64. The van der Waals surface area contributed by atoms with Crippen LogP contribution >= 0.6 is 0 Å². The van der Waals surface area contributed by atoms with Crippen LogP contribution < -0.4 is 14.8 Å². The Bertz CT molecular complexity index is 316. The summed E-state index contributed by atoms with van der Waals surface area (Å²) in [5, 5.41) is 20.3. The molecule has 0 fully saturated rings. The number of ether oxygens (including phenoxy) is 2. The Hall–Kier alpha value is -1.40. The molecule has 17 heavy (non-hydrogen) atoms. The van der Waals surface area contributed by atoms with Gasteiger partial charge in [-0.3, -0.25) is 0 Å². The van der Waals surface area contributed by atoms with Gasteiger partial charge in [0.25, 0.3) is 0 Å². The number of aromatic nitrogens is 2. The predicted molar refractivity (Wildman–Crippen MR) is 63.2 cm³/mol. The molecule has 0 saturated heterocycles. The molecule has 6 nitrogen and oxygen atoms in total. The van der Waals surface area contributed by atoms with Gasteiger partial charge in [0.15, 0.2) is 0 Å². The molecule has 0 bridgehead atoms. The fourth-order valence-electron chi connectivity index (χ4n) is 1.11. The van der Waals surface area contributed by atoms with Gasteiger partial charge >= 0.3 is 0 Å². The molecule has 0 aromatic carbocycles. The molecule has 6 heteroatoms. The Morgan fingerprint density at radius 3 is 2.47 bits per heavy atom. The maximum absolute atomic E-state index is 9.60. The summed E-state index contributed by atoms with van der Waals surface area (Å²) < 4.78 is 10.2. The molecule has 0 spiro atoms. The van der Waals surface area contributed by atoms with Crippen molar-refractivity contribution in [1.29, 1.82) is 0 Å². The Kier molecular flexibility index (Phi) is 5.65. The molecule has 1 aromatic rings. The normalized spacial score (nSPS) is 12.5. The number of nitrogens with zero attached hydrogens (tertiary/aromatic N) is 2. The van der Waals surface area contributed by atoms with Gasteiger partial charge in [0.1, 0.15) is 12.7 Å². The van der Waals surface area contributed by atoms with Crippen molar-refractivity contribution in [1.82, 2.24) is 15.5 Å². The summed E-state index contributed by atoms with van der Waals surface area (Å²) in [6.07, 6.45) is -0.568. The van der Waals surface area contributed by atoms with Crippen LogP contribution in [-0.2, 0) is 0 Å². The van der Waals surface area contributed by atoms with Crippen molar-refractivity contribution in [2.24, 2.45) is 0 Å². The minimum absolute atomic E-state index is 0.181. The van der Waals surface area contributed by atoms with Gasteiger partial charge in [-0.05, 0) is 0 Å². The maximum atomic E-state index is 9.60. The lowest BCUT2D eigenvalue weighted by molar-refractivity contribution is 0.101. The van der Waals surface area contributed by atoms with Gasteiger partial charge in [-0.1, -0.05) is 13.8 Å². The third-order valence-corrected chi connectivity index (χ3v) is 2.01. The molecule has 2 N–H and O–H groups in total. The SMILES string of the molecule is COc1ccc(OCC(O)CNC(C)C)nn1. The van der Waals surface area contributed by atoms with Crippen molar-refractivity contribution in [3.63, 3.8) is 0 Å². The van der Waals surface area contributed by atoms with E-state index in [-0.39, 0.29) is 6.61 Å². The van der Waals surface area contributed by atoms with Crippen LogP contribution in [0, 0.1) is 0 Å². The van der Waals surface area contributed by atoms with E-state index in [0.717, 1.165) is 0 Å². The maximum Gasteiger partial charge on any atom is 0.233 e. The number of nitrogens with one attached hydrogen (secondary N) is 1. The van der Waals surface area contributed by atoms with E-state index in [2.05, 4.69) is 15.5 Å². The Morgan fingerprint density at radius 2 is 1.94 bits per heavy atom. The lowest BCUT2D eigenvalue weighted by Crippen LogP contribution is -2.35. The lowest BCUT2D eigenvalue weighted by atomic mass is 10.3. The van der Waals surface area contributed by atoms with Gasteiger partial charge in [-0.15, -0.1) is 10.2 Å². The van der Waals surface area contributed by atoms with E-state index >= 15 is 0 Å². The summed E-state index contributed by atoms with van der Waals surface area (Å²) in [5.41, 5.74) is 0. The van der Waals surface area contributed by atoms with E-state index in [9.17, 15) is 5.11 Å². The molecular weight excluding hydrogens is 222 g/mol. The topological polar surface area (TPSA) is 76.5 Å². The van der Waals surface area contributed by atoms with Gasteiger partial charge in [-0.2, -0.15) is 0 Å². The molecule has 1 heterocycles. The molecule has 1 rings (SSSR count). The smallest absolute Gasteiger partial charge is 0.233 e. The van der Waals surface area contributed by atoms with E-state index in [0.29, 0.717) is 24.3 Å². The molecule has 1 aromatic heterocycles. The van der Waals surface area contributed by atoms with Crippen molar-refractivity contribution < 1.29 is 14.6 Å². The van der Waals surface area contributed by atoms with E-state index in [1.807, 2.05) is 13.8 Å². The standard InChI is InChI=1S/C11H19N3O3/c1-8(2)12-6-9(15)7-17-11-5-4-10(16-3)13-14-11/h4-5,8-9,12,15H,6-7H2,1-3H3. The molecular formula is C11H19N3O3. The first-order valence-electron chi connectivity index (χ1n) is 5.53. The zero-order valence-corrected chi connectivity index (χ0v) is 10.4. The molecule has 1 unspecified atom stereocenters. The average Bonchev–Trinajstić information content (AvgIpc) is 2.34. The van der Waals surface area contributed by atoms with Crippen LogP contribution in [0.5, 0.6) is 11.8 Å². The Balaban J connectivity index is 2.29. The summed E-state index contributed by atoms with van der Waals surface area (Å²) >= 11 is 0. The van der Waals surface area contributed by atoms with Crippen LogP contribution in [0.3, 0.4) is 0 Å². The van der Waals surface area contributed by atoms with Crippen molar-refractivity contribution >= 4 is 0 Å². The molecule has 0 saturated carbocycles. The Morgan fingerprint density at radius 1 is 1.29 bits per heavy atom. The Labute approximate surface area is 101 Å². The van der Waals surface area contributed by atoms with Crippen LogP contribution in [0.15, 0.2) is 12.1 Å². The molecule has 0 radical (unpaired) electrons. The molecule has 0 aliphatic carbocycles. The second-order valence-corrected chi connectivity index (χ2v) is 3.94. The molecule has 96 valence electrons. The largest absolute Gasteiger partial charge is 0.480 e. The van der Waals surface area contributed by atoms with Crippen LogP contribution in [-0.4, -0.2) is 47.7 Å². The van der Waals surface area contributed by atoms with Crippen LogP contribution in [0.25, 0.3) is 0 Å². The highest BCUT2D eigenvalue weighted by Gasteiger charge is 2.06. The quantitative estimate of drug-likeness (QED) is 0.711. The van der Waals surface area contributed by atoms with Crippen LogP contribution in [0.2, 0.25) is 0 Å². The first-order chi connectivity index (χ1) is 8.11. The first kappa shape index (κ1) is 13.7. The minimum atomic E-state index is -0.568. The summed E-state index contributed by atoms with van der Waals surface area (Å²) in [4.78, 5) is 0. The highest BCUT2D eigenvalue weighted by molar-refractivity contribution is 5.15. The first-order valence-corrected chi connectivity index (χ1v) is 5.53. The van der Waals surface area contributed by atoms with E-state index < -0.39 is 6.10 Å². The predicted octanol–water partition coefficient (Wildman–Crippen LogP) is 0.223. The number of methoxy groups -OCH3 is 1. The zero-order chi connectivity index (χ0) is 12.7. The van der Waals surface area contributed by atoms with Gasteiger partial charge in [0.2, 0.25) is 11.8 Å². The highest BCUT2D eigenvalue weighted by Crippen LogP contribution is 2.09. The second kappa shape index (κ2) is 7.03. The van der Waals surface area contributed by atoms with E-state index in [1.54, 1.807) is 12.1 Å². The van der Waals surface area contributed by atoms with Gasteiger partial charge < -0.3 is 19.9 Å². The number of aliphatic hydroxyl groups is 1.